The predicted molar refractivity (Wildman–Crippen MR) is 133 cm³/mol. The van der Waals surface area contributed by atoms with E-state index in [2.05, 4.69) is 12.2 Å². The molecule has 2 rings (SSSR count). The van der Waals surface area contributed by atoms with Crippen LogP contribution in [0.4, 0.5) is 0 Å². The summed E-state index contributed by atoms with van der Waals surface area (Å²) < 4.78 is 10.8. The van der Waals surface area contributed by atoms with E-state index in [-0.39, 0.29) is 24.8 Å². The van der Waals surface area contributed by atoms with Crippen LogP contribution in [0.1, 0.15) is 77.6 Å². The van der Waals surface area contributed by atoms with Gasteiger partial charge < -0.3 is 19.7 Å². The maximum absolute atomic E-state index is 12.7. The average Bonchev–Trinajstić information content (AvgIpc) is 2.83. The summed E-state index contributed by atoms with van der Waals surface area (Å²) >= 11 is 6.06. The van der Waals surface area contributed by atoms with Gasteiger partial charge in [0.2, 0.25) is 5.91 Å². The number of hydrogen-bond acceptors (Lipinski definition) is 5. The molecule has 1 atom stereocenters. The zero-order chi connectivity index (χ0) is 24.6. The Hall–Kier alpha value is -2.28. The van der Waals surface area contributed by atoms with E-state index in [9.17, 15) is 14.4 Å². The summed E-state index contributed by atoms with van der Waals surface area (Å²) in [5.41, 5.74) is 0. The number of para-hydroxylation sites is 1. The Kier molecular flexibility index (Phi) is 13.5. The van der Waals surface area contributed by atoms with Gasteiger partial charge in [-0.2, -0.15) is 0 Å². The third-order valence-corrected chi connectivity index (χ3v) is 6.27. The molecule has 0 spiro atoms. The summed E-state index contributed by atoms with van der Waals surface area (Å²) in [6.07, 6.45) is 11.9. The van der Waals surface area contributed by atoms with Gasteiger partial charge in [0, 0.05) is 13.1 Å². The molecular weight excluding hydrogens is 456 g/mol. The first kappa shape index (κ1) is 28.0. The summed E-state index contributed by atoms with van der Waals surface area (Å²) in [7, 11) is 0. The van der Waals surface area contributed by atoms with Crippen molar-refractivity contribution in [1.29, 1.82) is 0 Å². The lowest BCUT2D eigenvalue weighted by Crippen LogP contribution is -2.58. The van der Waals surface area contributed by atoms with E-state index in [1.54, 1.807) is 24.3 Å². The highest BCUT2D eigenvalue weighted by Gasteiger charge is 2.35. The number of unbranched alkanes of at least 4 members (excludes halogenated alkanes) is 9. The Morgan fingerprint density at radius 3 is 2.35 bits per heavy atom. The van der Waals surface area contributed by atoms with Crippen molar-refractivity contribution in [2.75, 3.05) is 26.3 Å². The van der Waals surface area contributed by atoms with Gasteiger partial charge in [-0.1, -0.05) is 88.4 Å². The molecule has 0 aliphatic carbocycles. The molecule has 34 heavy (non-hydrogen) atoms. The van der Waals surface area contributed by atoms with Crippen LogP contribution in [0.2, 0.25) is 5.02 Å². The van der Waals surface area contributed by atoms with Crippen LogP contribution in [0.5, 0.6) is 5.75 Å². The normalized spacial score (nSPS) is 15.6. The van der Waals surface area contributed by atoms with Crippen molar-refractivity contribution in [2.45, 2.75) is 83.6 Å². The van der Waals surface area contributed by atoms with Crippen LogP contribution in [0.3, 0.4) is 0 Å². The van der Waals surface area contributed by atoms with E-state index in [0.717, 1.165) is 19.3 Å². The first-order valence-electron chi connectivity index (χ1n) is 12.6. The Bertz CT molecular complexity index is 773. The molecule has 190 valence electrons. The summed E-state index contributed by atoms with van der Waals surface area (Å²) in [5.74, 6) is -0.801. The van der Waals surface area contributed by atoms with E-state index in [0.29, 0.717) is 30.5 Å². The third-order valence-electron chi connectivity index (χ3n) is 5.96. The van der Waals surface area contributed by atoms with E-state index < -0.39 is 12.0 Å². The number of amides is 2. The van der Waals surface area contributed by atoms with Gasteiger partial charge in [0.25, 0.3) is 5.91 Å². The van der Waals surface area contributed by atoms with Crippen LogP contribution < -0.4 is 10.1 Å². The minimum Gasteiger partial charge on any atom is -0.482 e. The van der Waals surface area contributed by atoms with Crippen LogP contribution in [-0.4, -0.2) is 55.0 Å². The fraction of sp³-hybridized carbons (Fsp3) is 0.654. The van der Waals surface area contributed by atoms with Crippen LogP contribution >= 0.6 is 11.6 Å². The molecule has 8 heteroatoms. The first-order valence-corrected chi connectivity index (χ1v) is 13.0. The van der Waals surface area contributed by atoms with Crippen LogP contribution in [0.25, 0.3) is 0 Å². The van der Waals surface area contributed by atoms with E-state index >= 15 is 0 Å². The second-order valence-corrected chi connectivity index (χ2v) is 9.13. The Morgan fingerprint density at radius 1 is 1.03 bits per heavy atom. The van der Waals surface area contributed by atoms with Gasteiger partial charge in [-0.3, -0.25) is 14.4 Å². The maximum Gasteiger partial charge on any atom is 0.308 e. The highest BCUT2D eigenvalue weighted by atomic mass is 35.5. The van der Waals surface area contributed by atoms with Crippen LogP contribution in [-0.2, 0) is 19.1 Å². The van der Waals surface area contributed by atoms with Crippen molar-refractivity contribution in [3.8, 4) is 5.75 Å². The maximum atomic E-state index is 12.7. The number of benzene rings is 1. The lowest BCUT2D eigenvalue weighted by atomic mass is 10.1. The van der Waals surface area contributed by atoms with Crippen molar-refractivity contribution in [3.63, 3.8) is 0 Å². The molecular formula is C26H39ClN2O5. The molecule has 0 bridgehead atoms. The summed E-state index contributed by atoms with van der Waals surface area (Å²) in [4.78, 5) is 38.8. The number of esters is 1. The van der Waals surface area contributed by atoms with Crippen molar-refractivity contribution in [2.24, 2.45) is 0 Å². The molecule has 0 aromatic heterocycles. The standard InChI is InChI=1S/C26H39ClN2O5/c1-2-3-4-5-6-7-8-9-10-13-18-33-25(31)19-22-26(32)28-16-17-29(22)24(30)20-34-23-15-12-11-14-21(23)27/h11-12,14-15,22H,2-10,13,16-20H2,1H3,(H,28,32). The third kappa shape index (κ3) is 10.3. The van der Waals surface area contributed by atoms with E-state index in [1.165, 1.54) is 49.8 Å². The Morgan fingerprint density at radius 2 is 1.68 bits per heavy atom. The smallest absolute Gasteiger partial charge is 0.308 e. The second kappa shape index (κ2) is 16.4. The SMILES string of the molecule is CCCCCCCCCCCCOC(=O)CC1C(=O)NCCN1C(=O)COc1ccccc1Cl. The topological polar surface area (TPSA) is 84.9 Å². The zero-order valence-corrected chi connectivity index (χ0v) is 21.1. The van der Waals surface area contributed by atoms with Gasteiger partial charge in [-0.15, -0.1) is 0 Å². The van der Waals surface area contributed by atoms with Crippen molar-refractivity contribution in [3.05, 3.63) is 29.3 Å². The van der Waals surface area contributed by atoms with Gasteiger partial charge >= 0.3 is 5.97 Å². The first-order chi connectivity index (χ1) is 16.5. The lowest BCUT2D eigenvalue weighted by Gasteiger charge is -2.34. The molecule has 1 aromatic carbocycles. The van der Waals surface area contributed by atoms with Crippen molar-refractivity contribution < 1.29 is 23.9 Å². The fourth-order valence-corrected chi connectivity index (χ4v) is 4.18. The number of rotatable bonds is 16. The summed E-state index contributed by atoms with van der Waals surface area (Å²) in [6, 6.07) is 5.97. The number of carbonyl (C=O) groups is 3. The van der Waals surface area contributed by atoms with E-state index in [4.69, 9.17) is 21.1 Å². The predicted octanol–water partition coefficient (Wildman–Crippen LogP) is 4.90. The van der Waals surface area contributed by atoms with Crippen molar-refractivity contribution >= 4 is 29.4 Å². The van der Waals surface area contributed by atoms with Gasteiger partial charge in [0.1, 0.15) is 11.8 Å². The number of halogens is 1. The molecule has 1 unspecified atom stereocenters. The molecule has 1 saturated heterocycles. The largest absolute Gasteiger partial charge is 0.482 e. The Balaban J connectivity index is 1.66. The number of hydrogen-bond donors (Lipinski definition) is 1. The molecule has 2 amide bonds. The fourth-order valence-electron chi connectivity index (χ4n) is 3.99. The minimum atomic E-state index is -0.892. The summed E-state index contributed by atoms with van der Waals surface area (Å²) in [6.45, 7) is 2.95. The molecule has 1 heterocycles. The lowest BCUT2D eigenvalue weighted by molar-refractivity contribution is -0.152. The molecule has 0 radical (unpaired) electrons. The van der Waals surface area contributed by atoms with Gasteiger partial charge in [0.05, 0.1) is 18.1 Å². The van der Waals surface area contributed by atoms with E-state index in [1.807, 2.05) is 0 Å². The molecule has 1 aliphatic heterocycles. The number of carbonyl (C=O) groups excluding carboxylic acids is 3. The molecule has 1 aromatic rings. The highest BCUT2D eigenvalue weighted by molar-refractivity contribution is 6.32. The number of nitrogens with zero attached hydrogens (tertiary/aromatic N) is 1. The Labute approximate surface area is 208 Å². The number of ether oxygens (including phenoxy) is 2. The number of nitrogens with one attached hydrogen (secondary N) is 1. The quantitative estimate of drug-likeness (QED) is 0.261. The highest BCUT2D eigenvalue weighted by Crippen LogP contribution is 2.23. The number of piperazine rings is 1. The minimum absolute atomic E-state index is 0.165. The molecule has 7 nitrogen and oxygen atoms in total. The van der Waals surface area contributed by atoms with Crippen LogP contribution in [0, 0.1) is 0 Å². The average molecular weight is 495 g/mol. The van der Waals surface area contributed by atoms with Gasteiger partial charge in [-0.25, -0.2) is 0 Å². The second-order valence-electron chi connectivity index (χ2n) is 8.72. The van der Waals surface area contributed by atoms with Crippen molar-refractivity contribution in [1.82, 2.24) is 10.2 Å². The van der Waals surface area contributed by atoms with Crippen LogP contribution in [0.15, 0.2) is 24.3 Å². The monoisotopic (exact) mass is 494 g/mol. The van der Waals surface area contributed by atoms with Gasteiger partial charge in [-0.05, 0) is 18.6 Å². The molecule has 1 fully saturated rings. The molecule has 1 N–H and O–H groups in total. The van der Waals surface area contributed by atoms with Gasteiger partial charge in [0.15, 0.2) is 6.61 Å². The zero-order valence-electron chi connectivity index (χ0n) is 20.4. The summed E-state index contributed by atoms with van der Waals surface area (Å²) in [5, 5.41) is 3.12. The molecule has 0 saturated carbocycles. The molecule has 1 aliphatic rings.